The summed E-state index contributed by atoms with van der Waals surface area (Å²) in [5.41, 5.74) is 3.25. The lowest BCUT2D eigenvalue weighted by Crippen LogP contribution is -2.39. The molecule has 1 unspecified atom stereocenters. The average Bonchev–Trinajstić information content (AvgIpc) is 3.01. The first-order valence-corrected chi connectivity index (χ1v) is 15.3. The number of methoxy groups -OCH3 is 3. The van der Waals surface area contributed by atoms with Crippen LogP contribution in [0.5, 0.6) is 23.0 Å². The number of unbranched alkanes of at least 4 members (excludes halogenated alkanes) is 2. The van der Waals surface area contributed by atoms with E-state index in [4.69, 9.17) is 43.5 Å². The van der Waals surface area contributed by atoms with Crippen LogP contribution >= 0.6 is 0 Å². The zero-order valence-electron chi connectivity index (χ0n) is 28.6. The minimum atomic E-state index is -1.82. The Balaban J connectivity index is 0.00000112. The number of carboxylic acids is 2. The monoisotopic (exact) mass is 643 g/mol. The Labute approximate surface area is 272 Å². The number of hydrogen-bond donors (Lipinski definition) is 2. The molecule has 254 valence electrons. The summed E-state index contributed by atoms with van der Waals surface area (Å²) in [5.74, 6) is -1.49. The number of nitriles is 1. The molecule has 2 N–H and O–H groups in total. The van der Waals surface area contributed by atoms with E-state index in [0.717, 1.165) is 73.3 Å². The molecule has 2 aromatic rings. The van der Waals surface area contributed by atoms with Crippen LogP contribution in [0.2, 0.25) is 0 Å². The van der Waals surface area contributed by atoms with E-state index in [1.807, 2.05) is 39.1 Å². The van der Waals surface area contributed by atoms with Gasteiger partial charge in [0.1, 0.15) is 5.75 Å². The van der Waals surface area contributed by atoms with Crippen molar-refractivity contribution in [2.45, 2.75) is 84.5 Å². The number of aliphatic carboxylic acids is 2. The van der Waals surface area contributed by atoms with Crippen molar-refractivity contribution in [3.05, 3.63) is 40.7 Å². The molecule has 1 atom stereocenters. The summed E-state index contributed by atoms with van der Waals surface area (Å²) in [4.78, 5) is 25.2. The zero-order chi connectivity index (χ0) is 34.7. The molecule has 0 aliphatic carbocycles. The van der Waals surface area contributed by atoms with E-state index in [9.17, 15) is 5.26 Å². The van der Waals surface area contributed by atoms with Gasteiger partial charge in [-0.25, -0.2) is 9.59 Å². The highest BCUT2D eigenvalue weighted by Crippen LogP contribution is 2.44. The Hall–Kier alpha value is -4.08. The lowest BCUT2D eigenvalue weighted by atomic mass is 9.68. The predicted molar refractivity (Wildman–Crippen MR) is 172 cm³/mol. The molecule has 0 saturated carbocycles. The van der Waals surface area contributed by atoms with Crippen molar-refractivity contribution in [1.82, 2.24) is 9.88 Å². The summed E-state index contributed by atoms with van der Waals surface area (Å²) >= 11 is 0. The predicted octanol–water partition coefficient (Wildman–Crippen LogP) is 5.37. The second kappa shape index (κ2) is 17.0. The number of aromatic nitrogens is 1. The molecule has 0 bridgehead atoms. The molecule has 12 nitrogen and oxygen atoms in total. The number of likely N-dealkylation sites (N-methyl/N-ethyl adjacent to an activating group) is 1. The molecule has 0 spiro atoms. The van der Waals surface area contributed by atoms with E-state index in [-0.39, 0.29) is 5.92 Å². The summed E-state index contributed by atoms with van der Waals surface area (Å²) in [6.45, 7) is 12.4. The van der Waals surface area contributed by atoms with Gasteiger partial charge in [-0.05, 0) is 63.4 Å². The van der Waals surface area contributed by atoms with Crippen LogP contribution in [0, 0.1) is 24.2 Å². The number of fused-ring (bicyclic) bond motifs is 1. The molecule has 12 heteroatoms. The third-order valence-corrected chi connectivity index (χ3v) is 8.19. The molecule has 0 saturated heterocycles. The van der Waals surface area contributed by atoms with Gasteiger partial charge in [-0.3, -0.25) is 4.98 Å². The number of pyridine rings is 1. The standard InChI is InChI=1S/C32H47N3O5.C2H2O4/c1-22(2)32(21-33,26-19-34-23(3)29-25(26)20-39-31(4,5)40-29)14-11-10-12-15-35(6)16-13-24-17-27(36-7)30(38-9)28(18-24)37-8;3-1(4)2(5)6/h17-19,22H,10-16,20H2,1-9H3;(H,3,4)(H,5,6). The SMILES string of the molecule is COc1cc(CCN(C)CCCCCC(C#N)(c2cnc(C)c3c2COC(C)(C)O3)C(C)C)cc(OC)c1OC.O=C(O)C(=O)O. The molecule has 1 aliphatic heterocycles. The van der Waals surface area contributed by atoms with Gasteiger partial charge < -0.3 is 38.8 Å². The number of rotatable bonds is 14. The molecular formula is C34H49N3O9. The first kappa shape index (κ1) is 38.1. The number of nitrogens with zero attached hydrogens (tertiary/aromatic N) is 3. The molecular weight excluding hydrogens is 594 g/mol. The van der Waals surface area contributed by atoms with Gasteiger partial charge >= 0.3 is 11.9 Å². The van der Waals surface area contributed by atoms with Crippen LogP contribution in [-0.2, 0) is 32.8 Å². The van der Waals surface area contributed by atoms with Gasteiger partial charge in [0.25, 0.3) is 0 Å². The summed E-state index contributed by atoms with van der Waals surface area (Å²) < 4.78 is 28.5. The highest BCUT2D eigenvalue weighted by molar-refractivity contribution is 6.27. The normalized spacial score (nSPS) is 14.6. The Kier molecular flexibility index (Phi) is 14.1. The van der Waals surface area contributed by atoms with Crippen LogP contribution in [-0.4, -0.2) is 79.3 Å². The van der Waals surface area contributed by atoms with Gasteiger partial charge in [0.05, 0.1) is 45.1 Å². The molecule has 1 aromatic carbocycles. The molecule has 46 heavy (non-hydrogen) atoms. The van der Waals surface area contributed by atoms with Crippen molar-refractivity contribution in [2.75, 3.05) is 41.5 Å². The van der Waals surface area contributed by atoms with Gasteiger partial charge in [0, 0.05) is 37.7 Å². The lowest BCUT2D eigenvalue weighted by molar-refractivity contribution is -0.181. The molecule has 3 rings (SSSR count). The minimum Gasteiger partial charge on any atom is -0.493 e. The van der Waals surface area contributed by atoms with Gasteiger partial charge in [0.15, 0.2) is 11.5 Å². The first-order valence-electron chi connectivity index (χ1n) is 15.3. The molecule has 0 fully saturated rings. The van der Waals surface area contributed by atoms with Crippen molar-refractivity contribution >= 4 is 11.9 Å². The van der Waals surface area contributed by atoms with Crippen LogP contribution in [0.4, 0.5) is 0 Å². The highest BCUT2D eigenvalue weighted by Gasteiger charge is 2.41. The molecule has 1 aromatic heterocycles. The quantitative estimate of drug-likeness (QED) is 0.200. The Bertz CT molecular complexity index is 1350. The summed E-state index contributed by atoms with van der Waals surface area (Å²) in [6, 6.07) is 6.72. The topological polar surface area (TPSA) is 161 Å². The molecule has 0 radical (unpaired) electrons. The molecule has 0 amide bonds. The molecule has 2 heterocycles. The first-order chi connectivity index (χ1) is 21.7. The number of aryl methyl sites for hydroxylation is 1. The maximum absolute atomic E-state index is 10.5. The van der Waals surface area contributed by atoms with Crippen molar-refractivity contribution in [3.8, 4) is 29.1 Å². The summed E-state index contributed by atoms with van der Waals surface area (Å²) in [5, 5.41) is 25.3. The summed E-state index contributed by atoms with van der Waals surface area (Å²) in [7, 11) is 7.04. The Morgan fingerprint density at radius 1 is 1.07 bits per heavy atom. The third-order valence-electron chi connectivity index (χ3n) is 8.19. The fraction of sp³-hybridized carbons (Fsp3) is 0.588. The van der Waals surface area contributed by atoms with Gasteiger partial charge in [-0.1, -0.05) is 26.7 Å². The fourth-order valence-electron chi connectivity index (χ4n) is 5.48. The van der Waals surface area contributed by atoms with Crippen molar-refractivity contribution in [2.24, 2.45) is 5.92 Å². The van der Waals surface area contributed by atoms with Gasteiger partial charge in [-0.2, -0.15) is 5.26 Å². The summed E-state index contributed by atoms with van der Waals surface area (Å²) in [6.07, 6.45) is 6.60. The molecule has 1 aliphatic rings. The van der Waals surface area contributed by atoms with Gasteiger partial charge in [0.2, 0.25) is 11.5 Å². The number of ether oxygens (including phenoxy) is 5. The second-order valence-electron chi connectivity index (χ2n) is 12.1. The average molecular weight is 644 g/mol. The van der Waals surface area contributed by atoms with E-state index in [2.05, 4.69) is 36.8 Å². The van der Waals surface area contributed by atoms with Crippen LogP contribution < -0.4 is 18.9 Å². The zero-order valence-corrected chi connectivity index (χ0v) is 28.6. The van der Waals surface area contributed by atoms with Crippen molar-refractivity contribution in [1.29, 1.82) is 5.26 Å². The van der Waals surface area contributed by atoms with E-state index >= 15 is 0 Å². The number of hydrogen-bond acceptors (Lipinski definition) is 10. The van der Waals surface area contributed by atoms with Crippen LogP contribution in [0.3, 0.4) is 0 Å². The lowest BCUT2D eigenvalue weighted by Gasteiger charge is -2.38. The second-order valence-corrected chi connectivity index (χ2v) is 12.1. The maximum atomic E-state index is 10.5. The number of carboxylic acid groups (broad SMARTS) is 2. The Morgan fingerprint density at radius 3 is 2.17 bits per heavy atom. The van der Waals surface area contributed by atoms with E-state index < -0.39 is 23.1 Å². The minimum absolute atomic E-state index is 0.127. The largest absolute Gasteiger partial charge is 0.493 e. The Morgan fingerprint density at radius 2 is 1.67 bits per heavy atom. The van der Waals surface area contributed by atoms with Crippen molar-refractivity contribution in [3.63, 3.8) is 0 Å². The van der Waals surface area contributed by atoms with Crippen LogP contribution in [0.1, 0.15) is 75.8 Å². The number of carbonyl (C=O) groups is 2. The van der Waals surface area contributed by atoms with E-state index in [0.29, 0.717) is 23.9 Å². The van der Waals surface area contributed by atoms with Gasteiger partial charge in [-0.15, -0.1) is 0 Å². The third kappa shape index (κ3) is 9.71. The maximum Gasteiger partial charge on any atom is 0.414 e. The van der Waals surface area contributed by atoms with E-state index in [1.165, 1.54) is 0 Å². The number of benzene rings is 1. The highest BCUT2D eigenvalue weighted by atomic mass is 16.7. The van der Waals surface area contributed by atoms with Crippen LogP contribution in [0.25, 0.3) is 0 Å². The smallest absolute Gasteiger partial charge is 0.414 e. The van der Waals surface area contributed by atoms with Crippen LogP contribution in [0.15, 0.2) is 18.3 Å². The van der Waals surface area contributed by atoms with E-state index in [1.54, 1.807) is 21.3 Å². The van der Waals surface area contributed by atoms with Crippen molar-refractivity contribution < 1.29 is 43.5 Å². The fourth-order valence-corrected chi connectivity index (χ4v) is 5.48.